The maximum absolute atomic E-state index is 14.0. The first kappa shape index (κ1) is 31.5. The standard InChI is InChI=1S/C30H35Cl2N3O4S/c1-5-6-16-33-30(37)23(4)34(19-24-12-15-27(31)28(32)18-24)29(36)20-35(25-9-7-8-22(3)17-25)40(38,39)26-13-10-21(2)11-14-26/h7-15,17-18,23H,5-6,16,19-20H2,1-4H3,(H,33,37)/t23-/m1/s1. The van der Waals surface area contributed by atoms with E-state index in [-0.39, 0.29) is 17.3 Å². The smallest absolute Gasteiger partial charge is 0.264 e. The van der Waals surface area contributed by atoms with Gasteiger partial charge >= 0.3 is 0 Å². The van der Waals surface area contributed by atoms with Crippen molar-refractivity contribution in [2.45, 2.75) is 58.0 Å². The summed E-state index contributed by atoms with van der Waals surface area (Å²) in [5.74, 6) is -0.869. The van der Waals surface area contributed by atoms with Gasteiger partial charge in [0.15, 0.2) is 0 Å². The Morgan fingerprint density at radius 3 is 2.25 bits per heavy atom. The minimum atomic E-state index is -4.12. The lowest BCUT2D eigenvalue weighted by molar-refractivity contribution is -0.139. The number of benzene rings is 3. The Kier molecular flexibility index (Phi) is 11.0. The summed E-state index contributed by atoms with van der Waals surface area (Å²) >= 11 is 12.3. The van der Waals surface area contributed by atoms with Crippen LogP contribution >= 0.6 is 23.2 Å². The third-order valence-electron chi connectivity index (χ3n) is 6.51. The van der Waals surface area contributed by atoms with E-state index in [1.165, 1.54) is 17.0 Å². The molecule has 1 N–H and O–H groups in total. The molecule has 0 aliphatic carbocycles. The Morgan fingerprint density at radius 1 is 0.925 bits per heavy atom. The van der Waals surface area contributed by atoms with Crippen molar-refractivity contribution in [3.63, 3.8) is 0 Å². The highest BCUT2D eigenvalue weighted by Gasteiger charge is 2.32. The summed E-state index contributed by atoms with van der Waals surface area (Å²) in [5, 5.41) is 3.55. The third kappa shape index (κ3) is 7.99. The quantitative estimate of drug-likeness (QED) is 0.252. The van der Waals surface area contributed by atoms with E-state index in [1.807, 2.05) is 26.8 Å². The van der Waals surface area contributed by atoms with Crippen molar-refractivity contribution in [2.24, 2.45) is 0 Å². The van der Waals surface area contributed by atoms with Crippen LogP contribution in [-0.2, 0) is 26.2 Å². The highest BCUT2D eigenvalue weighted by atomic mass is 35.5. The SMILES string of the molecule is CCCCNC(=O)[C@@H](C)N(Cc1ccc(Cl)c(Cl)c1)C(=O)CN(c1cccc(C)c1)S(=O)(=O)c1ccc(C)cc1. The summed E-state index contributed by atoms with van der Waals surface area (Å²) in [6.07, 6.45) is 1.71. The lowest BCUT2D eigenvalue weighted by atomic mass is 10.1. The van der Waals surface area contributed by atoms with E-state index in [9.17, 15) is 18.0 Å². The highest BCUT2D eigenvalue weighted by Crippen LogP contribution is 2.27. The summed E-state index contributed by atoms with van der Waals surface area (Å²) in [7, 11) is -4.12. The molecule has 0 heterocycles. The van der Waals surface area contributed by atoms with E-state index >= 15 is 0 Å². The van der Waals surface area contributed by atoms with Gasteiger partial charge in [-0.1, -0.05) is 72.4 Å². The molecule has 7 nitrogen and oxygen atoms in total. The van der Waals surface area contributed by atoms with Crippen LogP contribution in [0.1, 0.15) is 43.4 Å². The van der Waals surface area contributed by atoms with Crippen LogP contribution < -0.4 is 9.62 Å². The molecule has 0 bridgehead atoms. The molecule has 2 amide bonds. The number of aryl methyl sites for hydroxylation is 2. The minimum Gasteiger partial charge on any atom is -0.354 e. The molecule has 0 aliphatic heterocycles. The van der Waals surface area contributed by atoms with Crippen molar-refractivity contribution in [3.05, 3.63) is 93.5 Å². The van der Waals surface area contributed by atoms with Crippen molar-refractivity contribution < 1.29 is 18.0 Å². The van der Waals surface area contributed by atoms with E-state index in [0.29, 0.717) is 27.8 Å². The summed E-state index contributed by atoms with van der Waals surface area (Å²) < 4.78 is 28.8. The number of hydrogen-bond acceptors (Lipinski definition) is 4. The van der Waals surface area contributed by atoms with Gasteiger partial charge in [-0.05, 0) is 74.7 Å². The van der Waals surface area contributed by atoms with Crippen molar-refractivity contribution in [1.29, 1.82) is 0 Å². The number of amides is 2. The maximum Gasteiger partial charge on any atom is 0.264 e. The number of nitrogens with one attached hydrogen (secondary N) is 1. The Bertz CT molecular complexity index is 1450. The van der Waals surface area contributed by atoms with Gasteiger partial charge < -0.3 is 10.2 Å². The number of halogens is 2. The number of nitrogens with zero attached hydrogens (tertiary/aromatic N) is 2. The fourth-order valence-corrected chi connectivity index (χ4v) is 5.83. The molecule has 0 fully saturated rings. The Hall–Kier alpha value is -3.07. The molecule has 40 heavy (non-hydrogen) atoms. The molecule has 0 spiro atoms. The van der Waals surface area contributed by atoms with E-state index in [1.54, 1.807) is 55.5 Å². The van der Waals surface area contributed by atoms with Gasteiger partial charge in [-0.2, -0.15) is 0 Å². The average Bonchev–Trinajstić information content (AvgIpc) is 2.92. The van der Waals surface area contributed by atoms with Crippen LogP contribution in [0, 0.1) is 13.8 Å². The number of carbonyl (C=O) groups excluding carboxylic acids is 2. The number of carbonyl (C=O) groups is 2. The molecule has 0 aliphatic rings. The van der Waals surface area contributed by atoms with Gasteiger partial charge in [0.1, 0.15) is 12.6 Å². The lowest BCUT2D eigenvalue weighted by Gasteiger charge is -2.32. The molecular formula is C30H35Cl2N3O4S. The first-order chi connectivity index (χ1) is 18.9. The molecule has 1 atom stereocenters. The van der Waals surface area contributed by atoms with Crippen LogP contribution in [0.5, 0.6) is 0 Å². The van der Waals surface area contributed by atoms with Crippen LogP contribution in [0.15, 0.2) is 71.6 Å². The summed E-state index contributed by atoms with van der Waals surface area (Å²) in [6, 6.07) is 17.5. The van der Waals surface area contributed by atoms with Gasteiger partial charge in [-0.3, -0.25) is 13.9 Å². The van der Waals surface area contributed by atoms with E-state index in [4.69, 9.17) is 23.2 Å². The largest absolute Gasteiger partial charge is 0.354 e. The fourth-order valence-electron chi connectivity index (χ4n) is 4.10. The van der Waals surface area contributed by atoms with Crippen LogP contribution in [0.2, 0.25) is 10.0 Å². The van der Waals surface area contributed by atoms with E-state index in [0.717, 1.165) is 28.3 Å². The Morgan fingerprint density at radius 2 is 1.62 bits per heavy atom. The van der Waals surface area contributed by atoms with E-state index in [2.05, 4.69) is 5.32 Å². The van der Waals surface area contributed by atoms with Gasteiger partial charge in [0.25, 0.3) is 10.0 Å². The third-order valence-corrected chi connectivity index (χ3v) is 9.04. The number of anilines is 1. The molecule has 214 valence electrons. The minimum absolute atomic E-state index is 0.0321. The Labute approximate surface area is 247 Å². The zero-order valence-corrected chi connectivity index (χ0v) is 25.5. The normalized spacial score (nSPS) is 12.1. The van der Waals surface area contributed by atoms with Gasteiger partial charge in [-0.25, -0.2) is 8.42 Å². The van der Waals surface area contributed by atoms with Crippen LogP contribution in [0.25, 0.3) is 0 Å². The maximum atomic E-state index is 14.0. The van der Waals surface area contributed by atoms with Crippen LogP contribution in [0.3, 0.4) is 0 Å². The number of rotatable bonds is 12. The van der Waals surface area contributed by atoms with Gasteiger partial charge in [-0.15, -0.1) is 0 Å². The second kappa shape index (κ2) is 14.0. The average molecular weight is 605 g/mol. The van der Waals surface area contributed by atoms with Crippen molar-refractivity contribution in [1.82, 2.24) is 10.2 Å². The predicted molar refractivity (Wildman–Crippen MR) is 161 cm³/mol. The van der Waals surface area contributed by atoms with Crippen molar-refractivity contribution in [2.75, 3.05) is 17.4 Å². The van der Waals surface area contributed by atoms with Gasteiger partial charge in [0.2, 0.25) is 11.8 Å². The van der Waals surface area contributed by atoms with Gasteiger partial charge in [0.05, 0.1) is 20.6 Å². The number of unbranched alkanes of at least 4 members (excludes halogenated alkanes) is 1. The molecule has 0 unspecified atom stereocenters. The van der Waals surface area contributed by atoms with Gasteiger partial charge in [0, 0.05) is 13.1 Å². The molecule has 10 heteroatoms. The molecule has 3 rings (SSSR count). The summed E-state index contributed by atoms with van der Waals surface area (Å²) in [5.41, 5.74) is 2.75. The van der Waals surface area contributed by atoms with Crippen molar-refractivity contribution >= 4 is 50.7 Å². The molecule has 0 saturated carbocycles. The second-order valence-electron chi connectivity index (χ2n) is 9.75. The zero-order chi connectivity index (χ0) is 29.4. The molecule has 0 radical (unpaired) electrons. The zero-order valence-electron chi connectivity index (χ0n) is 23.2. The Balaban J connectivity index is 2.01. The molecule has 0 aromatic heterocycles. The molecule has 3 aromatic carbocycles. The fraction of sp³-hybridized carbons (Fsp3) is 0.333. The molecular weight excluding hydrogens is 569 g/mol. The molecule has 3 aromatic rings. The first-order valence-corrected chi connectivity index (χ1v) is 15.3. The topological polar surface area (TPSA) is 86.8 Å². The second-order valence-corrected chi connectivity index (χ2v) is 12.4. The van der Waals surface area contributed by atoms with Crippen molar-refractivity contribution in [3.8, 4) is 0 Å². The van der Waals surface area contributed by atoms with Crippen LogP contribution in [-0.4, -0.2) is 44.3 Å². The summed E-state index contributed by atoms with van der Waals surface area (Å²) in [6.45, 7) is 7.36. The number of hydrogen-bond donors (Lipinski definition) is 1. The summed E-state index contributed by atoms with van der Waals surface area (Å²) in [4.78, 5) is 28.4. The lowest BCUT2D eigenvalue weighted by Crippen LogP contribution is -2.51. The first-order valence-electron chi connectivity index (χ1n) is 13.1. The van der Waals surface area contributed by atoms with E-state index < -0.39 is 28.5 Å². The highest BCUT2D eigenvalue weighted by molar-refractivity contribution is 7.92. The number of sulfonamides is 1. The molecule has 0 saturated heterocycles. The monoisotopic (exact) mass is 603 g/mol. The van der Waals surface area contributed by atoms with Crippen LogP contribution in [0.4, 0.5) is 5.69 Å². The predicted octanol–water partition coefficient (Wildman–Crippen LogP) is 6.14.